The van der Waals surface area contributed by atoms with Gasteiger partial charge in [0.2, 0.25) is 0 Å². The first-order chi connectivity index (χ1) is 13.2. The molecular formula is C22H20N2O3. The third kappa shape index (κ3) is 3.08. The van der Waals surface area contributed by atoms with Gasteiger partial charge in [0.1, 0.15) is 17.6 Å². The number of rotatable bonds is 4. The van der Waals surface area contributed by atoms with Crippen LogP contribution in [0.5, 0.6) is 5.75 Å². The molecule has 27 heavy (non-hydrogen) atoms. The molecule has 1 aliphatic rings. The Morgan fingerprint density at radius 2 is 1.85 bits per heavy atom. The summed E-state index contributed by atoms with van der Waals surface area (Å²) in [4.78, 5) is 13.3. The average molecular weight is 360 g/mol. The molecule has 0 spiro atoms. The van der Waals surface area contributed by atoms with Crippen LogP contribution in [-0.2, 0) is 0 Å². The number of aryl methyl sites for hydroxylation is 1. The van der Waals surface area contributed by atoms with Gasteiger partial charge in [-0.3, -0.25) is 10.2 Å². The second-order valence-electron chi connectivity index (χ2n) is 6.34. The Morgan fingerprint density at radius 3 is 2.59 bits per heavy atom. The zero-order chi connectivity index (χ0) is 18.8. The molecule has 0 fully saturated rings. The lowest BCUT2D eigenvalue weighted by atomic mass is 10.1. The first-order valence-electron chi connectivity index (χ1n) is 8.73. The molecule has 4 rings (SSSR count). The number of nitrogens with one attached hydrogen (secondary N) is 1. The van der Waals surface area contributed by atoms with Gasteiger partial charge < -0.3 is 9.15 Å². The summed E-state index contributed by atoms with van der Waals surface area (Å²) in [6.07, 6.45) is 3.59. The van der Waals surface area contributed by atoms with Crippen molar-refractivity contribution in [3.63, 3.8) is 0 Å². The summed E-state index contributed by atoms with van der Waals surface area (Å²) in [5, 5.41) is 1.60. The molecule has 0 unspecified atom stereocenters. The van der Waals surface area contributed by atoms with Crippen LogP contribution in [0.25, 0.3) is 5.70 Å². The first kappa shape index (κ1) is 17.0. The number of hydrazine groups is 1. The molecule has 1 amide bonds. The monoisotopic (exact) mass is 360 g/mol. The summed E-state index contributed by atoms with van der Waals surface area (Å²) < 4.78 is 11.1. The Morgan fingerprint density at radius 1 is 1.07 bits per heavy atom. The molecule has 0 radical (unpaired) electrons. The number of hydrogen-bond acceptors (Lipinski definition) is 4. The fraction of sp³-hybridized carbons (Fsp3) is 0.136. The van der Waals surface area contributed by atoms with Crippen molar-refractivity contribution in [3.8, 4) is 5.75 Å². The van der Waals surface area contributed by atoms with Crippen LogP contribution < -0.4 is 10.2 Å². The topological polar surface area (TPSA) is 54.7 Å². The van der Waals surface area contributed by atoms with Crippen molar-refractivity contribution >= 4 is 11.6 Å². The summed E-state index contributed by atoms with van der Waals surface area (Å²) in [6.45, 7) is 1.93. The number of amides is 1. The molecule has 1 aromatic heterocycles. The van der Waals surface area contributed by atoms with E-state index in [0.29, 0.717) is 11.3 Å². The van der Waals surface area contributed by atoms with Crippen LogP contribution in [0.3, 0.4) is 0 Å². The van der Waals surface area contributed by atoms with E-state index in [2.05, 4.69) is 5.43 Å². The number of ether oxygens (including phenoxy) is 1. The second-order valence-corrected chi connectivity index (χ2v) is 6.34. The molecule has 0 bridgehead atoms. The van der Waals surface area contributed by atoms with Gasteiger partial charge in [0.15, 0.2) is 0 Å². The zero-order valence-corrected chi connectivity index (χ0v) is 15.2. The smallest absolute Gasteiger partial charge is 0.273 e. The lowest BCUT2D eigenvalue weighted by molar-refractivity contribution is 0.0654. The average Bonchev–Trinajstić information content (AvgIpc) is 3.37. The highest BCUT2D eigenvalue weighted by Gasteiger charge is 2.34. The van der Waals surface area contributed by atoms with Crippen LogP contribution in [0.1, 0.15) is 33.3 Å². The number of carbonyl (C=O) groups excluding carboxylic acids is 1. The van der Waals surface area contributed by atoms with Crippen molar-refractivity contribution in [2.24, 2.45) is 0 Å². The third-order valence-corrected chi connectivity index (χ3v) is 4.67. The number of para-hydroxylation sites is 1. The summed E-state index contributed by atoms with van der Waals surface area (Å²) >= 11 is 0. The van der Waals surface area contributed by atoms with Crippen molar-refractivity contribution in [2.75, 3.05) is 7.11 Å². The van der Waals surface area contributed by atoms with Gasteiger partial charge in [-0.25, -0.2) is 5.01 Å². The second kappa shape index (κ2) is 7.03. The molecule has 1 aliphatic heterocycles. The lowest BCUT2D eigenvalue weighted by Crippen LogP contribution is -2.39. The van der Waals surface area contributed by atoms with Crippen molar-refractivity contribution in [3.05, 3.63) is 95.5 Å². The molecule has 5 heteroatoms. The van der Waals surface area contributed by atoms with Gasteiger partial charge in [-0.05, 0) is 48.9 Å². The van der Waals surface area contributed by atoms with E-state index in [0.717, 1.165) is 22.6 Å². The summed E-state index contributed by atoms with van der Waals surface area (Å²) in [7, 11) is 1.63. The normalized spacial score (nSPS) is 16.0. The van der Waals surface area contributed by atoms with Crippen molar-refractivity contribution in [1.29, 1.82) is 0 Å². The van der Waals surface area contributed by atoms with Gasteiger partial charge in [0, 0.05) is 11.1 Å². The molecule has 0 aliphatic carbocycles. The van der Waals surface area contributed by atoms with E-state index in [-0.39, 0.29) is 11.9 Å². The number of nitrogens with zero attached hydrogens (tertiary/aromatic N) is 1. The van der Waals surface area contributed by atoms with Gasteiger partial charge in [0.05, 0.1) is 19.1 Å². The number of hydrogen-bond donors (Lipinski definition) is 1. The number of methoxy groups -OCH3 is 1. The van der Waals surface area contributed by atoms with E-state index < -0.39 is 0 Å². The predicted octanol–water partition coefficient (Wildman–Crippen LogP) is 4.34. The molecular weight excluding hydrogens is 340 g/mol. The van der Waals surface area contributed by atoms with Crippen LogP contribution in [-0.4, -0.2) is 18.0 Å². The van der Waals surface area contributed by atoms with E-state index in [9.17, 15) is 4.79 Å². The largest absolute Gasteiger partial charge is 0.496 e. The van der Waals surface area contributed by atoms with Crippen molar-refractivity contribution < 1.29 is 13.9 Å². The lowest BCUT2D eigenvalue weighted by Gasteiger charge is -2.25. The summed E-state index contributed by atoms with van der Waals surface area (Å²) in [5.74, 6) is 1.31. The van der Waals surface area contributed by atoms with Gasteiger partial charge in [0.25, 0.3) is 5.91 Å². The minimum atomic E-state index is -0.355. The summed E-state index contributed by atoms with van der Waals surface area (Å²) in [5.41, 5.74) is 6.51. The maximum absolute atomic E-state index is 13.3. The Hall–Kier alpha value is -3.47. The molecule has 1 N–H and O–H groups in total. The summed E-state index contributed by atoms with van der Waals surface area (Å²) in [6, 6.07) is 18.6. The van der Waals surface area contributed by atoms with Crippen LogP contribution >= 0.6 is 0 Å². The molecule has 2 aromatic carbocycles. The first-order valence-corrected chi connectivity index (χ1v) is 8.73. The molecule has 0 saturated heterocycles. The fourth-order valence-corrected chi connectivity index (χ4v) is 3.27. The molecule has 0 saturated carbocycles. The van der Waals surface area contributed by atoms with Crippen LogP contribution in [0.4, 0.5) is 0 Å². The maximum atomic E-state index is 13.3. The van der Waals surface area contributed by atoms with Crippen LogP contribution in [0.2, 0.25) is 0 Å². The minimum absolute atomic E-state index is 0.115. The van der Waals surface area contributed by atoms with Crippen molar-refractivity contribution in [2.45, 2.75) is 13.0 Å². The fourth-order valence-electron chi connectivity index (χ4n) is 3.27. The number of carbonyl (C=O) groups is 1. The Kier molecular flexibility index (Phi) is 4.42. The molecule has 5 nitrogen and oxygen atoms in total. The van der Waals surface area contributed by atoms with Crippen molar-refractivity contribution in [1.82, 2.24) is 10.4 Å². The Bertz CT molecular complexity index is 992. The van der Waals surface area contributed by atoms with E-state index in [4.69, 9.17) is 9.15 Å². The predicted molar refractivity (Wildman–Crippen MR) is 103 cm³/mol. The highest BCUT2D eigenvalue weighted by atomic mass is 16.5. The Labute approximate surface area is 157 Å². The SMILES string of the molecule is COc1ccccc1C1=C[C@@H](c2ccco2)N(C(=O)c2ccccc2C)N1. The van der Waals surface area contributed by atoms with E-state index >= 15 is 0 Å². The Balaban J connectivity index is 1.74. The van der Waals surface area contributed by atoms with E-state index in [1.54, 1.807) is 18.4 Å². The highest BCUT2D eigenvalue weighted by Crippen LogP contribution is 2.35. The van der Waals surface area contributed by atoms with E-state index in [1.165, 1.54) is 0 Å². The van der Waals surface area contributed by atoms with Gasteiger partial charge in [-0.15, -0.1) is 0 Å². The van der Waals surface area contributed by atoms with Crippen LogP contribution in [0, 0.1) is 6.92 Å². The van der Waals surface area contributed by atoms with Crippen LogP contribution in [0.15, 0.2) is 77.4 Å². The van der Waals surface area contributed by atoms with Gasteiger partial charge in [-0.1, -0.05) is 30.3 Å². The minimum Gasteiger partial charge on any atom is -0.496 e. The van der Waals surface area contributed by atoms with E-state index in [1.807, 2.05) is 73.7 Å². The highest BCUT2D eigenvalue weighted by molar-refractivity contribution is 5.97. The number of benzene rings is 2. The number of furan rings is 1. The molecule has 136 valence electrons. The molecule has 2 heterocycles. The standard InChI is InChI=1S/C22H20N2O3/c1-15-8-3-4-9-16(15)22(25)24-19(21-12-7-13-27-21)14-18(23-24)17-10-5-6-11-20(17)26-2/h3-14,19,23H,1-2H3/t19-/m0/s1. The molecule has 1 atom stereocenters. The zero-order valence-electron chi connectivity index (χ0n) is 15.2. The quantitative estimate of drug-likeness (QED) is 0.752. The third-order valence-electron chi connectivity index (χ3n) is 4.67. The molecule has 3 aromatic rings. The van der Waals surface area contributed by atoms with Gasteiger partial charge in [-0.2, -0.15) is 0 Å². The van der Waals surface area contributed by atoms with Gasteiger partial charge >= 0.3 is 0 Å². The maximum Gasteiger partial charge on any atom is 0.273 e.